The van der Waals surface area contributed by atoms with Crippen molar-refractivity contribution in [3.63, 3.8) is 0 Å². The lowest BCUT2D eigenvalue weighted by atomic mass is 10.0. The van der Waals surface area contributed by atoms with Crippen LogP contribution in [0.4, 0.5) is 0 Å². The lowest BCUT2D eigenvalue weighted by molar-refractivity contribution is -0.116. The maximum Gasteiger partial charge on any atom is 0.215 e. The fourth-order valence-corrected chi connectivity index (χ4v) is 5.89. The van der Waals surface area contributed by atoms with Crippen LogP contribution in [0.5, 0.6) is 0 Å². The average molecular weight is 459 g/mol. The zero-order chi connectivity index (χ0) is 21.3. The Morgan fingerprint density at radius 1 is 1.03 bits per heavy atom. The summed E-state index contributed by atoms with van der Waals surface area (Å²) in [4.78, 5) is 25.0. The molecule has 4 rings (SSSR count). The summed E-state index contributed by atoms with van der Waals surface area (Å²) in [5, 5.41) is 7.57. The molecule has 0 aliphatic carbocycles. The van der Waals surface area contributed by atoms with Crippen LogP contribution < -0.4 is 5.43 Å². The van der Waals surface area contributed by atoms with Gasteiger partial charge in [-0.25, -0.2) is 8.42 Å². The predicted molar refractivity (Wildman–Crippen MR) is 118 cm³/mol. The van der Waals surface area contributed by atoms with Crippen molar-refractivity contribution in [3.05, 3.63) is 80.8 Å². The number of nitrogens with one attached hydrogen (secondary N) is 1. The van der Waals surface area contributed by atoms with E-state index in [0.29, 0.717) is 26.4 Å². The summed E-state index contributed by atoms with van der Waals surface area (Å²) >= 11 is 6.71. The number of rotatable bonds is 6. The molecule has 2 aromatic carbocycles. The maximum atomic E-state index is 12.7. The molecule has 0 aliphatic rings. The summed E-state index contributed by atoms with van der Waals surface area (Å²) in [7, 11) is -3.71. The largest absolute Gasteiger partial charge is 0.298 e. The molecule has 0 bridgehead atoms. The number of H-pyrrole nitrogens is 1. The summed E-state index contributed by atoms with van der Waals surface area (Å²) in [5.74, 6) is -1.01. The minimum absolute atomic E-state index is 0.0277. The number of fused-ring (bicyclic) bond motifs is 1. The lowest BCUT2D eigenvalue weighted by Crippen LogP contribution is -2.17. The van der Waals surface area contributed by atoms with E-state index in [-0.39, 0.29) is 21.8 Å². The minimum Gasteiger partial charge on any atom is -0.298 e. The molecule has 0 atom stereocenters. The second kappa shape index (κ2) is 8.14. The van der Waals surface area contributed by atoms with Gasteiger partial charge in [-0.2, -0.15) is 5.10 Å². The van der Waals surface area contributed by atoms with Crippen LogP contribution in [-0.4, -0.2) is 30.2 Å². The van der Waals surface area contributed by atoms with Crippen molar-refractivity contribution >= 4 is 49.5 Å². The van der Waals surface area contributed by atoms with E-state index in [9.17, 15) is 18.0 Å². The fraction of sp³-hybridized carbons (Fsp3) is 0.0952. The third kappa shape index (κ3) is 4.21. The van der Waals surface area contributed by atoms with E-state index in [2.05, 4.69) is 10.2 Å². The first-order chi connectivity index (χ1) is 14.3. The van der Waals surface area contributed by atoms with E-state index in [1.165, 1.54) is 12.1 Å². The van der Waals surface area contributed by atoms with Crippen LogP contribution in [0.15, 0.2) is 69.7 Å². The molecule has 1 N–H and O–H groups in total. The third-order valence-electron chi connectivity index (χ3n) is 4.51. The standard InChI is InChI=1S/C21H15ClN2O4S2/c22-18-9-10-19(29-18)30(27,28)12-15(25)11-13-5-7-14(8-6-13)20-21(26)16-3-1-2-4-17(16)23-24-20/h1-10H,11-12H2,(H,23,26). The molecule has 152 valence electrons. The molecule has 4 aromatic rings. The van der Waals surface area contributed by atoms with E-state index in [1.54, 1.807) is 42.5 Å². The number of ketones is 1. The molecule has 0 saturated heterocycles. The zero-order valence-corrected chi connectivity index (χ0v) is 17.9. The van der Waals surface area contributed by atoms with Crippen LogP contribution in [0.2, 0.25) is 4.34 Å². The minimum atomic E-state index is -3.71. The van der Waals surface area contributed by atoms with Crippen molar-refractivity contribution in [2.45, 2.75) is 10.6 Å². The quantitative estimate of drug-likeness (QED) is 0.472. The topological polar surface area (TPSA) is 97.0 Å². The monoisotopic (exact) mass is 458 g/mol. The maximum absolute atomic E-state index is 12.7. The lowest BCUT2D eigenvalue weighted by Gasteiger charge is -2.05. The molecule has 0 amide bonds. The second-order valence-corrected chi connectivity index (χ2v) is 10.6. The number of sulfone groups is 1. The molecule has 0 aliphatic heterocycles. The Kier molecular flexibility index (Phi) is 5.55. The van der Waals surface area contributed by atoms with E-state index in [4.69, 9.17) is 11.6 Å². The predicted octanol–water partition coefficient (Wildman–Crippen LogP) is 3.89. The number of carbonyl (C=O) groups excluding carboxylic acids is 1. The van der Waals surface area contributed by atoms with Crippen molar-refractivity contribution in [2.75, 3.05) is 5.75 Å². The Labute approximate surface area is 181 Å². The number of halogens is 1. The summed E-state index contributed by atoms with van der Waals surface area (Å²) in [6.07, 6.45) is -0.0277. The molecule has 2 heterocycles. The first kappa shape index (κ1) is 20.5. The first-order valence-corrected chi connectivity index (χ1v) is 11.7. The Bertz CT molecular complexity index is 1410. The SMILES string of the molecule is O=C(Cc1ccc(-c2n[nH]c3ccccc3c2=O)cc1)CS(=O)(=O)c1ccc(Cl)s1. The highest BCUT2D eigenvalue weighted by atomic mass is 35.5. The number of thiophene rings is 1. The number of hydrogen-bond donors (Lipinski definition) is 1. The van der Waals surface area contributed by atoms with Crippen molar-refractivity contribution in [1.29, 1.82) is 0 Å². The van der Waals surface area contributed by atoms with Gasteiger partial charge >= 0.3 is 0 Å². The third-order valence-corrected chi connectivity index (χ3v) is 8.00. The fourth-order valence-electron chi connectivity index (χ4n) is 3.08. The van der Waals surface area contributed by atoms with Gasteiger partial charge in [0.2, 0.25) is 5.43 Å². The van der Waals surface area contributed by atoms with Crippen LogP contribution in [0.1, 0.15) is 5.56 Å². The van der Waals surface area contributed by atoms with Gasteiger partial charge in [0.25, 0.3) is 0 Å². The van der Waals surface area contributed by atoms with Gasteiger partial charge in [0, 0.05) is 17.4 Å². The van der Waals surface area contributed by atoms with Crippen LogP contribution in [0, 0.1) is 0 Å². The van der Waals surface area contributed by atoms with Gasteiger partial charge in [0.05, 0.1) is 9.85 Å². The smallest absolute Gasteiger partial charge is 0.215 e. The second-order valence-electron chi connectivity index (χ2n) is 6.68. The van der Waals surface area contributed by atoms with Gasteiger partial charge < -0.3 is 0 Å². The molecule has 0 spiro atoms. The van der Waals surface area contributed by atoms with Crippen molar-refractivity contribution in [3.8, 4) is 11.3 Å². The number of nitrogens with zero attached hydrogens (tertiary/aromatic N) is 1. The van der Waals surface area contributed by atoms with Crippen LogP contribution in [-0.2, 0) is 21.1 Å². The molecule has 0 saturated carbocycles. The Balaban J connectivity index is 1.51. The Hall–Kier alpha value is -2.81. The van der Waals surface area contributed by atoms with Crippen molar-refractivity contribution in [2.24, 2.45) is 0 Å². The number of carbonyl (C=O) groups is 1. The van der Waals surface area contributed by atoms with Gasteiger partial charge in [-0.05, 0) is 29.8 Å². The molecule has 0 radical (unpaired) electrons. The van der Waals surface area contributed by atoms with Crippen molar-refractivity contribution in [1.82, 2.24) is 10.2 Å². The summed E-state index contributed by atoms with van der Waals surface area (Å²) < 4.78 is 25.1. The highest BCUT2D eigenvalue weighted by Gasteiger charge is 2.21. The van der Waals surface area contributed by atoms with Gasteiger partial charge in [-0.1, -0.05) is 48.0 Å². The van der Waals surface area contributed by atoms with Gasteiger partial charge in [-0.3, -0.25) is 14.7 Å². The number of hydrogen-bond acceptors (Lipinski definition) is 6. The molecule has 0 unspecified atom stereocenters. The highest BCUT2D eigenvalue weighted by molar-refractivity contribution is 7.94. The number of Topliss-reactive ketones (excluding diaryl/α,β-unsaturated/α-hetero) is 1. The van der Waals surface area contributed by atoms with Crippen LogP contribution in [0.25, 0.3) is 22.2 Å². The summed E-state index contributed by atoms with van der Waals surface area (Å²) in [5.41, 5.74) is 2.01. The van der Waals surface area contributed by atoms with Crippen LogP contribution >= 0.6 is 22.9 Å². The van der Waals surface area contributed by atoms with Gasteiger partial charge in [-0.15, -0.1) is 11.3 Å². The molecule has 9 heteroatoms. The molecule has 2 aromatic heterocycles. The van der Waals surface area contributed by atoms with E-state index >= 15 is 0 Å². The molecule has 6 nitrogen and oxygen atoms in total. The van der Waals surface area contributed by atoms with E-state index < -0.39 is 21.4 Å². The first-order valence-electron chi connectivity index (χ1n) is 8.90. The van der Waals surface area contributed by atoms with Gasteiger partial charge in [0.1, 0.15) is 15.7 Å². The summed E-state index contributed by atoms with van der Waals surface area (Å²) in [6, 6.07) is 16.8. The zero-order valence-electron chi connectivity index (χ0n) is 15.5. The number of para-hydroxylation sites is 1. The molecule has 30 heavy (non-hydrogen) atoms. The number of aromatic amines is 1. The van der Waals surface area contributed by atoms with Crippen molar-refractivity contribution < 1.29 is 13.2 Å². The number of aromatic nitrogens is 2. The summed E-state index contributed by atoms with van der Waals surface area (Å²) in [6.45, 7) is 0. The molecular weight excluding hydrogens is 444 g/mol. The molecule has 0 fully saturated rings. The Morgan fingerprint density at radius 3 is 2.47 bits per heavy atom. The van der Waals surface area contributed by atoms with Gasteiger partial charge in [0.15, 0.2) is 15.6 Å². The highest BCUT2D eigenvalue weighted by Crippen LogP contribution is 2.26. The number of benzene rings is 2. The Morgan fingerprint density at radius 2 is 1.77 bits per heavy atom. The van der Waals surface area contributed by atoms with E-state index in [0.717, 1.165) is 11.3 Å². The normalized spacial score (nSPS) is 11.6. The van der Waals surface area contributed by atoms with Crippen LogP contribution in [0.3, 0.4) is 0 Å². The van der Waals surface area contributed by atoms with E-state index in [1.807, 2.05) is 6.07 Å². The average Bonchev–Trinajstić information content (AvgIpc) is 3.16. The molecular formula is C21H15ClN2O4S2.